The van der Waals surface area contributed by atoms with Crippen molar-refractivity contribution in [1.82, 2.24) is 4.98 Å². The van der Waals surface area contributed by atoms with Gasteiger partial charge in [0, 0.05) is 4.91 Å². The Bertz CT molecular complexity index is 450. The highest BCUT2D eigenvalue weighted by Crippen LogP contribution is 2.11. The fourth-order valence-corrected chi connectivity index (χ4v) is 1.32. The van der Waals surface area contributed by atoms with E-state index in [4.69, 9.17) is 10.6 Å². The van der Waals surface area contributed by atoms with E-state index in [1.165, 1.54) is 5.51 Å². The van der Waals surface area contributed by atoms with E-state index in [1.807, 2.05) is 0 Å². The molecule has 0 amide bonds. The molecule has 0 spiro atoms. The van der Waals surface area contributed by atoms with Crippen molar-refractivity contribution in [1.29, 1.82) is 0 Å². The Labute approximate surface area is 82.8 Å². The summed E-state index contributed by atoms with van der Waals surface area (Å²) >= 11 is 1.14. The number of hydrogen-bond acceptors (Lipinski definition) is 4. The van der Waals surface area contributed by atoms with E-state index in [2.05, 4.69) is 26.9 Å². The molecule has 1 heterocycles. The third-order valence-corrected chi connectivity index (χ3v) is 1.93. The maximum atomic E-state index is 10.6. The maximum absolute atomic E-state index is 10.6. The summed E-state index contributed by atoms with van der Waals surface area (Å²) in [6, 6.07) is 0. The van der Waals surface area contributed by atoms with E-state index >= 15 is 0 Å². The summed E-state index contributed by atoms with van der Waals surface area (Å²) in [5.41, 5.74) is 9.29. The number of carbonyl (C=O) groups is 1. The third-order valence-electron chi connectivity index (χ3n) is 1.18. The number of rotatable bonds is 2. The Morgan fingerprint density at radius 1 is 1.86 bits per heavy atom. The zero-order valence-electron chi connectivity index (χ0n) is 6.84. The summed E-state index contributed by atoms with van der Waals surface area (Å²) in [5, 5.41) is 11.8. The number of nitrogens with zero attached hydrogens (tertiary/aromatic N) is 4. The molecule has 1 aromatic rings. The Balaban J connectivity index is 2.84. The van der Waals surface area contributed by atoms with Gasteiger partial charge in [0.1, 0.15) is 4.88 Å². The third kappa shape index (κ3) is 2.48. The van der Waals surface area contributed by atoms with Gasteiger partial charge in [-0.05, 0) is 5.53 Å². The minimum absolute atomic E-state index is 0.0213. The van der Waals surface area contributed by atoms with Gasteiger partial charge in [0.25, 0.3) is 0 Å². The van der Waals surface area contributed by atoms with Crippen LogP contribution in [0.1, 0.15) is 15.4 Å². The molecule has 0 aromatic carbocycles. The van der Waals surface area contributed by atoms with E-state index in [0.717, 1.165) is 11.3 Å². The van der Waals surface area contributed by atoms with Crippen LogP contribution in [0.2, 0.25) is 0 Å². The molecule has 0 radical (unpaired) electrons. The molecule has 0 fully saturated rings. The molecule has 7 heteroatoms. The van der Waals surface area contributed by atoms with E-state index in [0.29, 0.717) is 4.88 Å². The number of thiazole rings is 1. The van der Waals surface area contributed by atoms with Gasteiger partial charge in [-0.3, -0.25) is 0 Å². The average Bonchev–Trinajstić information content (AvgIpc) is 2.60. The number of carboxylic acids is 1. The number of azide groups is 1. The van der Waals surface area contributed by atoms with Crippen LogP contribution in [0.25, 0.3) is 10.4 Å². The number of carboxylic acid groups (broad SMARTS) is 1. The fourth-order valence-electron chi connectivity index (χ4n) is 0.674. The normalized spacial score (nSPS) is 8.29. The second-order valence-electron chi connectivity index (χ2n) is 2.03. The molecule has 0 aliphatic carbocycles. The smallest absolute Gasteiger partial charge is 0.356 e. The SMILES string of the molecule is [N-]=[N+]=NCC#Cc1scnc1C(=O)O. The first kappa shape index (κ1) is 10.1. The number of aromatic carboxylic acids is 1. The van der Waals surface area contributed by atoms with Gasteiger partial charge in [-0.15, -0.1) is 11.3 Å². The van der Waals surface area contributed by atoms with Gasteiger partial charge < -0.3 is 5.11 Å². The monoisotopic (exact) mass is 208 g/mol. The minimum Gasteiger partial charge on any atom is -0.476 e. The van der Waals surface area contributed by atoms with Crippen LogP contribution in [0.15, 0.2) is 10.6 Å². The zero-order chi connectivity index (χ0) is 10.4. The van der Waals surface area contributed by atoms with Crippen LogP contribution in [-0.2, 0) is 0 Å². The number of hydrogen-bond donors (Lipinski definition) is 1. The quantitative estimate of drug-likeness (QED) is 0.345. The molecule has 1 rings (SSSR count). The fraction of sp³-hybridized carbons (Fsp3) is 0.143. The highest BCUT2D eigenvalue weighted by Gasteiger charge is 2.10. The van der Waals surface area contributed by atoms with Crippen molar-refractivity contribution >= 4 is 17.3 Å². The van der Waals surface area contributed by atoms with Crippen LogP contribution in [0.3, 0.4) is 0 Å². The maximum Gasteiger partial charge on any atom is 0.356 e. The van der Waals surface area contributed by atoms with Crippen molar-refractivity contribution < 1.29 is 9.90 Å². The predicted octanol–water partition coefficient (Wildman–Crippen LogP) is 1.50. The van der Waals surface area contributed by atoms with Crippen LogP contribution in [0, 0.1) is 11.8 Å². The molecule has 70 valence electrons. The second kappa shape index (κ2) is 4.87. The first-order valence-corrected chi connectivity index (χ1v) is 4.30. The van der Waals surface area contributed by atoms with Crippen LogP contribution >= 0.6 is 11.3 Å². The molecule has 6 nitrogen and oxygen atoms in total. The Morgan fingerprint density at radius 2 is 2.64 bits per heavy atom. The van der Waals surface area contributed by atoms with E-state index in [-0.39, 0.29) is 12.2 Å². The minimum atomic E-state index is -1.11. The lowest BCUT2D eigenvalue weighted by Gasteiger charge is -1.85. The van der Waals surface area contributed by atoms with Crippen LogP contribution in [-0.4, -0.2) is 22.6 Å². The predicted molar refractivity (Wildman–Crippen MR) is 50.0 cm³/mol. The molecule has 14 heavy (non-hydrogen) atoms. The van der Waals surface area contributed by atoms with E-state index in [9.17, 15) is 4.79 Å². The summed E-state index contributed by atoms with van der Waals surface area (Å²) in [5.74, 6) is 3.98. The van der Waals surface area contributed by atoms with Crippen molar-refractivity contribution in [3.63, 3.8) is 0 Å². The van der Waals surface area contributed by atoms with Crippen molar-refractivity contribution in [2.75, 3.05) is 6.54 Å². The average molecular weight is 208 g/mol. The first-order chi connectivity index (χ1) is 6.75. The van der Waals surface area contributed by atoms with Crippen LogP contribution in [0.5, 0.6) is 0 Å². The summed E-state index contributed by atoms with van der Waals surface area (Å²) in [6.45, 7) is 0.0213. The highest BCUT2D eigenvalue weighted by atomic mass is 32.1. The van der Waals surface area contributed by atoms with Crippen LogP contribution in [0.4, 0.5) is 0 Å². The molecular formula is C7H4N4O2S. The van der Waals surface area contributed by atoms with Gasteiger partial charge in [-0.2, -0.15) is 0 Å². The molecule has 0 saturated carbocycles. The van der Waals surface area contributed by atoms with Crippen molar-refractivity contribution in [2.45, 2.75) is 0 Å². The molecule has 0 atom stereocenters. The summed E-state index contributed by atoms with van der Waals surface area (Å²) in [6.07, 6.45) is 0. The van der Waals surface area contributed by atoms with E-state index in [1.54, 1.807) is 0 Å². The van der Waals surface area contributed by atoms with Crippen molar-refractivity contribution in [3.05, 3.63) is 26.5 Å². The highest BCUT2D eigenvalue weighted by molar-refractivity contribution is 7.10. The lowest BCUT2D eigenvalue weighted by atomic mass is 10.3. The topological polar surface area (TPSA) is 99.0 Å². The molecule has 1 aromatic heterocycles. The van der Waals surface area contributed by atoms with Crippen molar-refractivity contribution in [2.24, 2.45) is 5.11 Å². The van der Waals surface area contributed by atoms with Gasteiger partial charge >= 0.3 is 5.97 Å². The molecule has 1 N–H and O–H groups in total. The van der Waals surface area contributed by atoms with Crippen LogP contribution < -0.4 is 0 Å². The zero-order valence-corrected chi connectivity index (χ0v) is 7.65. The van der Waals surface area contributed by atoms with Crippen molar-refractivity contribution in [3.8, 4) is 11.8 Å². The van der Waals surface area contributed by atoms with Gasteiger partial charge in [-0.25, -0.2) is 9.78 Å². The summed E-state index contributed by atoms with van der Waals surface area (Å²) < 4.78 is 0. The lowest BCUT2D eigenvalue weighted by molar-refractivity contribution is 0.0691. The summed E-state index contributed by atoms with van der Waals surface area (Å²) in [7, 11) is 0. The Hall–Kier alpha value is -2.03. The second-order valence-corrected chi connectivity index (χ2v) is 2.88. The van der Waals surface area contributed by atoms with Gasteiger partial charge in [0.2, 0.25) is 0 Å². The molecule has 0 aliphatic heterocycles. The first-order valence-electron chi connectivity index (χ1n) is 3.42. The molecule has 0 saturated heterocycles. The Kier molecular flexibility index (Phi) is 3.49. The summed E-state index contributed by atoms with van der Waals surface area (Å²) in [4.78, 5) is 17.1. The van der Waals surface area contributed by atoms with Gasteiger partial charge in [0.15, 0.2) is 5.69 Å². The lowest BCUT2D eigenvalue weighted by Crippen LogP contribution is -1.98. The molecular weight excluding hydrogens is 204 g/mol. The van der Waals surface area contributed by atoms with Gasteiger partial charge in [0.05, 0.1) is 12.1 Å². The van der Waals surface area contributed by atoms with Gasteiger partial charge in [-0.1, -0.05) is 17.0 Å². The largest absolute Gasteiger partial charge is 0.476 e. The molecule has 0 unspecified atom stereocenters. The molecule has 0 aliphatic rings. The Morgan fingerprint density at radius 3 is 3.29 bits per heavy atom. The molecule has 0 bridgehead atoms. The number of aromatic nitrogens is 1. The standard InChI is InChI=1S/C7H4N4O2S/c8-11-10-3-1-2-5-6(7(12)13)9-4-14-5/h4H,3H2,(H,12,13). The van der Waals surface area contributed by atoms with E-state index < -0.39 is 5.97 Å².